The lowest BCUT2D eigenvalue weighted by atomic mass is 10.2. The second-order valence-electron chi connectivity index (χ2n) is 6.19. The van der Waals surface area contributed by atoms with Crippen LogP contribution in [0.5, 0.6) is 11.5 Å². The second kappa shape index (κ2) is 7.74. The number of nitrogens with zero attached hydrogens (tertiary/aromatic N) is 2. The van der Waals surface area contributed by atoms with Gasteiger partial charge >= 0.3 is 0 Å². The summed E-state index contributed by atoms with van der Waals surface area (Å²) in [5.41, 5.74) is 2.07. The van der Waals surface area contributed by atoms with Crippen LogP contribution in [0.3, 0.4) is 0 Å². The van der Waals surface area contributed by atoms with Crippen LogP contribution in [-0.2, 0) is 6.61 Å². The summed E-state index contributed by atoms with van der Waals surface area (Å²) >= 11 is 5.93. The van der Waals surface area contributed by atoms with Crippen LogP contribution in [0.2, 0.25) is 5.02 Å². The highest BCUT2D eigenvalue weighted by Gasteiger charge is 2.13. The molecule has 140 valence electrons. The number of hydrogen-bond donors (Lipinski definition) is 0. The molecular weight excluding hydrogens is 376 g/mol. The number of aromatic nitrogens is 2. The Hall–Kier alpha value is -3.31. The highest BCUT2D eigenvalue weighted by atomic mass is 35.5. The normalized spacial score (nSPS) is 10.8. The fraction of sp³-hybridized carbons (Fsp3) is 0.0909. The van der Waals surface area contributed by atoms with E-state index in [9.17, 15) is 4.79 Å². The van der Waals surface area contributed by atoms with E-state index in [1.54, 1.807) is 43.5 Å². The predicted octanol–water partition coefficient (Wildman–Crippen LogP) is 4.63. The monoisotopic (exact) mass is 392 g/mol. The van der Waals surface area contributed by atoms with E-state index >= 15 is 0 Å². The van der Waals surface area contributed by atoms with Gasteiger partial charge in [-0.1, -0.05) is 41.9 Å². The molecule has 6 heteroatoms. The zero-order valence-electron chi connectivity index (χ0n) is 15.1. The third kappa shape index (κ3) is 3.57. The fourth-order valence-electron chi connectivity index (χ4n) is 2.92. The molecule has 0 aliphatic heterocycles. The average Bonchev–Trinajstić information content (AvgIpc) is 2.73. The number of benzene rings is 3. The van der Waals surface area contributed by atoms with Gasteiger partial charge in [-0.05, 0) is 35.9 Å². The summed E-state index contributed by atoms with van der Waals surface area (Å²) in [5.74, 6) is 1.02. The van der Waals surface area contributed by atoms with E-state index < -0.39 is 0 Å². The van der Waals surface area contributed by atoms with Crippen LogP contribution in [0.25, 0.3) is 16.6 Å². The van der Waals surface area contributed by atoms with Crippen molar-refractivity contribution in [3.05, 3.63) is 94.0 Å². The van der Waals surface area contributed by atoms with Crippen LogP contribution in [-0.4, -0.2) is 16.7 Å². The highest BCUT2D eigenvalue weighted by molar-refractivity contribution is 6.30. The first-order valence-corrected chi connectivity index (χ1v) is 9.05. The Morgan fingerprint density at radius 2 is 1.75 bits per heavy atom. The minimum absolute atomic E-state index is 0.194. The summed E-state index contributed by atoms with van der Waals surface area (Å²) in [6.07, 6.45) is 1.50. The van der Waals surface area contributed by atoms with Crippen molar-refractivity contribution in [2.75, 3.05) is 7.11 Å². The minimum Gasteiger partial charge on any atom is -0.493 e. The largest absolute Gasteiger partial charge is 0.493 e. The first kappa shape index (κ1) is 18.1. The molecule has 0 atom stereocenters. The van der Waals surface area contributed by atoms with Gasteiger partial charge < -0.3 is 9.47 Å². The number of ether oxygens (including phenoxy) is 2. The summed E-state index contributed by atoms with van der Waals surface area (Å²) in [6.45, 7) is 0.393. The van der Waals surface area contributed by atoms with E-state index in [-0.39, 0.29) is 5.56 Å². The van der Waals surface area contributed by atoms with Crippen molar-refractivity contribution in [2.45, 2.75) is 6.61 Å². The molecule has 4 aromatic rings. The van der Waals surface area contributed by atoms with Crippen molar-refractivity contribution >= 4 is 22.5 Å². The van der Waals surface area contributed by atoms with Crippen molar-refractivity contribution in [3.8, 4) is 17.2 Å². The maximum Gasteiger partial charge on any atom is 0.265 e. The molecule has 3 aromatic carbocycles. The van der Waals surface area contributed by atoms with Gasteiger partial charge in [-0.15, -0.1) is 0 Å². The van der Waals surface area contributed by atoms with Gasteiger partial charge in [0.1, 0.15) is 12.9 Å². The molecule has 0 spiro atoms. The van der Waals surface area contributed by atoms with Crippen LogP contribution in [0.15, 0.2) is 77.9 Å². The molecule has 1 heterocycles. The molecule has 0 saturated carbocycles. The summed E-state index contributed by atoms with van der Waals surface area (Å²) in [6, 6.07) is 20.2. The number of fused-ring (bicyclic) bond motifs is 1. The van der Waals surface area contributed by atoms with Crippen LogP contribution in [0.1, 0.15) is 5.56 Å². The maximum absolute atomic E-state index is 13.0. The van der Waals surface area contributed by atoms with Gasteiger partial charge in [-0.3, -0.25) is 9.36 Å². The lowest BCUT2D eigenvalue weighted by Gasteiger charge is -2.13. The van der Waals surface area contributed by atoms with Gasteiger partial charge in [0.25, 0.3) is 5.56 Å². The third-order valence-corrected chi connectivity index (χ3v) is 4.64. The molecule has 0 fully saturated rings. The Bertz CT molecular complexity index is 1170. The SMILES string of the molecule is COc1cc2c(=O)n(-c3ccc(Cl)cc3)cnc2cc1OCc1ccccc1. The van der Waals surface area contributed by atoms with Crippen molar-refractivity contribution in [3.63, 3.8) is 0 Å². The topological polar surface area (TPSA) is 53.4 Å². The molecular formula is C22H17ClN2O3. The van der Waals surface area contributed by atoms with Crippen LogP contribution < -0.4 is 15.0 Å². The molecule has 0 aliphatic carbocycles. The molecule has 0 aliphatic rings. The molecule has 0 radical (unpaired) electrons. The van der Waals surface area contributed by atoms with Gasteiger partial charge in [0.2, 0.25) is 0 Å². The van der Waals surface area contributed by atoms with E-state index in [0.717, 1.165) is 5.56 Å². The smallest absolute Gasteiger partial charge is 0.265 e. The molecule has 0 amide bonds. The molecule has 28 heavy (non-hydrogen) atoms. The van der Waals surface area contributed by atoms with E-state index in [4.69, 9.17) is 21.1 Å². The number of hydrogen-bond acceptors (Lipinski definition) is 4. The van der Waals surface area contributed by atoms with E-state index in [1.165, 1.54) is 10.9 Å². The Labute approximate surface area is 166 Å². The molecule has 4 rings (SSSR count). The quantitative estimate of drug-likeness (QED) is 0.497. The summed E-state index contributed by atoms with van der Waals surface area (Å²) in [4.78, 5) is 17.4. The van der Waals surface area contributed by atoms with Gasteiger partial charge in [0.15, 0.2) is 11.5 Å². The van der Waals surface area contributed by atoms with Gasteiger partial charge in [0, 0.05) is 11.1 Å². The number of halogens is 1. The standard InChI is InChI=1S/C22H17ClN2O3/c1-27-20-11-18-19(12-21(20)28-13-15-5-3-2-4-6-15)24-14-25(22(18)26)17-9-7-16(23)8-10-17/h2-12,14H,13H2,1H3. The molecule has 1 aromatic heterocycles. The van der Waals surface area contributed by atoms with Gasteiger partial charge in [-0.25, -0.2) is 4.98 Å². The highest BCUT2D eigenvalue weighted by Crippen LogP contribution is 2.31. The zero-order valence-corrected chi connectivity index (χ0v) is 15.9. The Morgan fingerprint density at radius 1 is 1.00 bits per heavy atom. The zero-order chi connectivity index (χ0) is 19.5. The predicted molar refractivity (Wildman–Crippen MR) is 110 cm³/mol. The number of methoxy groups -OCH3 is 1. The lowest BCUT2D eigenvalue weighted by Crippen LogP contribution is -2.19. The van der Waals surface area contributed by atoms with E-state index in [1.807, 2.05) is 30.3 Å². The third-order valence-electron chi connectivity index (χ3n) is 4.39. The Balaban J connectivity index is 1.73. The summed E-state index contributed by atoms with van der Waals surface area (Å²) in [5, 5.41) is 1.05. The molecule has 0 unspecified atom stereocenters. The molecule has 0 saturated heterocycles. The van der Waals surface area contributed by atoms with Crippen LogP contribution in [0, 0.1) is 0 Å². The lowest BCUT2D eigenvalue weighted by molar-refractivity contribution is 0.285. The van der Waals surface area contributed by atoms with Gasteiger partial charge in [-0.2, -0.15) is 0 Å². The average molecular weight is 393 g/mol. The van der Waals surface area contributed by atoms with Crippen LogP contribution >= 0.6 is 11.6 Å². The Kier molecular flexibility index (Phi) is 5.00. The van der Waals surface area contributed by atoms with Crippen molar-refractivity contribution in [2.24, 2.45) is 0 Å². The van der Waals surface area contributed by atoms with E-state index in [2.05, 4.69) is 4.98 Å². The Morgan fingerprint density at radius 3 is 2.46 bits per heavy atom. The van der Waals surface area contributed by atoms with E-state index in [0.29, 0.717) is 39.7 Å². The van der Waals surface area contributed by atoms with Gasteiger partial charge in [0.05, 0.1) is 23.7 Å². The second-order valence-corrected chi connectivity index (χ2v) is 6.63. The minimum atomic E-state index is -0.194. The summed E-state index contributed by atoms with van der Waals surface area (Å²) in [7, 11) is 1.55. The molecule has 0 N–H and O–H groups in total. The first-order valence-electron chi connectivity index (χ1n) is 8.68. The first-order chi connectivity index (χ1) is 13.7. The number of rotatable bonds is 5. The summed E-state index contributed by atoms with van der Waals surface area (Å²) < 4.78 is 12.8. The fourth-order valence-corrected chi connectivity index (χ4v) is 3.05. The van der Waals surface area contributed by atoms with Crippen LogP contribution in [0.4, 0.5) is 0 Å². The maximum atomic E-state index is 13.0. The van der Waals surface area contributed by atoms with Crippen molar-refractivity contribution in [1.82, 2.24) is 9.55 Å². The van der Waals surface area contributed by atoms with Crippen molar-refractivity contribution in [1.29, 1.82) is 0 Å². The molecule has 0 bridgehead atoms. The molecule has 5 nitrogen and oxygen atoms in total. The van der Waals surface area contributed by atoms with Crippen molar-refractivity contribution < 1.29 is 9.47 Å².